The van der Waals surface area contributed by atoms with Gasteiger partial charge in [-0.05, 0) is 43.9 Å². The summed E-state index contributed by atoms with van der Waals surface area (Å²) in [5.74, 6) is -0.214. The Morgan fingerprint density at radius 1 is 1.24 bits per heavy atom. The van der Waals surface area contributed by atoms with E-state index in [1.165, 1.54) is 6.07 Å². The van der Waals surface area contributed by atoms with Gasteiger partial charge in [-0.15, -0.1) is 0 Å². The lowest BCUT2D eigenvalue weighted by molar-refractivity contribution is -0.122. The maximum absolute atomic E-state index is 14.5. The molecule has 0 unspecified atom stereocenters. The van der Waals surface area contributed by atoms with E-state index < -0.39 is 11.9 Å². The molecule has 1 saturated heterocycles. The summed E-state index contributed by atoms with van der Waals surface area (Å²) < 4.78 is 21.7. The molecule has 3 aromatic rings. The first kappa shape index (κ1) is 22.8. The molecule has 1 aliphatic carbocycles. The van der Waals surface area contributed by atoms with Crippen molar-refractivity contribution in [3.8, 4) is 0 Å². The number of carbonyl (C=O) groups excluding carboxylic acids is 1. The molecular weight excluding hydrogens is 465 g/mol. The van der Waals surface area contributed by atoms with E-state index in [1.807, 2.05) is 4.57 Å². The first-order chi connectivity index (χ1) is 16.4. The number of halogens is 2. The summed E-state index contributed by atoms with van der Waals surface area (Å²) in [7, 11) is 0. The average molecular weight is 490 g/mol. The molecule has 5 rings (SSSR count). The van der Waals surface area contributed by atoms with Gasteiger partial charge in [-0.25, -0.2) is 14.4 Å². The third kappa shape index (κ3) is 4.50. The van der Waals surface area contributed by atoms with Crippen LogP contribution in [-0.4, -0.2) is 55.9 Å². The predicted octanol–water partition coefficient (Wildman–Crippen LogP) is 2.75. The Labute approximate surface area is 199 Å². The summed E-state index contributed by atoms with van der Waals surface area (Å²) in [5, 5.41) is 16.5. The van der Waals surface area contributed by atoms with Crippen LogP contribution in [0.4, 0.5) is 22.0 Å². The summed E-state index contributed by atoms with van der Waals surface area (Å²) in [6.45, 7) is 0.600. The predicted molar refractivity (Wildman–Crippen MR) is 124 cm³/mol. The topological polar surface area (TPSA) is 140 Å². The van der Waals surface area contributed by atoms with Crippen LogP contribution in [0.1, 0.15) is 31.7 Å². The van der Waals surface area contributed by atoms with Gasteiger partial charge in [0.15, 0.2) is 5.65 Å². The van der Waals surface area contributed by atoms with Gasteiger partial charge in [0.25, 0.3) is 0 Å². The highest BCUT2D eigenvalue weighted by molar-refractivity contribution is 6.30. The fourth-order valence-electron chi connectivity index (χ4n) is 4.57. The van der Waals surface area contributed by atoms with Gasteiger partial charge in [0, 0.05) is 17.0 Å². The first-order valence-electron chi connectivity index (χ1n) is 11.2. The molecule has 3 heterocycles. The fraction of sp³-hybridized carbons (Fsp3) is 0.455. The van der Waals surface area contributed by atoms with Crippen LogP contribution in [0.3, 0.4) is 0 Å². The molecule has 5 N–H and O–H groups in total. The van der Waals surface area contributed by atoms with Gasteiger partial charge >= 0.3 is 0 Å². The van der Waals surface area contributed by atoms with E-state index in [4.69, 9.17) is 22.1 Å². The van der Waals surface area contributed by atoms with Crippen molar-refractivity contribution >= 4 is 46.3 Å². The lowest BCUT2D eigenvalue weighted by Crippen LogP contribution is -2.32. The number of primary amides is 1. The standard InChI is InChI=1S/C22H25ClFN7O3/c23-12-3-6-15(14(24)7-12)28-22-29-16-8-26-21(27-17-9-34-10-18(17)32)30-20(16)31(22)13-4-1-11(2-5-13)19(25)33/h3,6-8,11,13,17-18,32H,1-2,4-5,9-10H2,(H2,25,33)(H,28,29)(H,26,27,30)/t11?,13?,17-,18-/m0/s1. The van der Waals surface area contributed by atoms with Crippen LogP contribution in [0.2, 0.25) is 5.02 Å². The van der Waals surface area contributed by atoms with E-state index >= 15 is 0 Å². The minimum absolute atomic E-state index is 0.0263. The number of hydrogen-bond acceptors (Lipinski definition) is 8. The quantitative estimate of drug-likeness (QED) is 0.414. The summed E-state index contributed by atoms with van der Waals surface area (Å²) in [5.41, 5.74) is 6.83. The number of ether oxygens (including phenoxy) is 1. The number of carbonyl (C=O) groups is 1. The van der Waals surface area contributed by atoms with Crippen molar-refractivity contribution in [1.29, 1.82) is 0 Å². The Hall–Kier alpha value is -3.02. The number of anilines is 3. The van der Waals surface area contributed by atoms with Crippen LogP contribution in [0.5, 0.6) is 0 Å². The number of benzene rings is 1. The largest absolute Gasteiger partial charge is 0.388 e. The molecule has 34 heavy (non-hydrogen) atoms. The van der Waals surface area contributed by atoms with Crippen molar-refractivity contribution in [2.75, 3.05) is 23.8 Å². The number of aliphatic hydroxyl groups excluding tert-OH is 1. The smallest absolute Gasteiger partial charge is 0.225 e. The zero-order chi connectivity index (χ0) is 23.8. The molecule has 2 aliphatic rings. The number of nitrogens with two attached hydrogens (primary N) is 1. The lowest BCUT2D eigenvalue weighted by atomic mass is 9.85. The Kier molecular flexibility index (Phi) is 6.24. The van der Waals surface area contributed by atoms with Gasteiger partial charge in [0.2, 0.25) is 17.8 Å². The molecule has 180 valence electrons. The van der Waals surface area contributed by atoms with Crippen LogP contribution in [0.25, 0.3) is 11.2 Å². The van der Waals surface area contributed by atoms with Gasteiger partial charge in [-0.2, -0.15) is 4.98 Å². The second kappa shape index (κ2) is 9.32. The van der Waals surface area contributed by atoms with E-state index in [9.17, 15) is 14.3 Å². The molecule has 1 aliphatic heterocycles. The number of nitrogens with zero attached hydrogens (tertiary/aromatic N) is 4. The van der Waals surface area contributed by atoms with Crippen molar-refractivity contribution in [2.45, 2.75) is 43.9 Å². The molecule has 1 aromatic carbocycles. The Bertz CT molecular complexity index is 1210. The van der Waals surface area contributed by atoms with E-state index in [0.29, 0.717) is 60.4 Å². The van der Waals surface area contributed by atoms with Crippen molar-refractivity contribution < 1.29 is 19.0 Å². The summed E-state index contributed by atoms with van der Waals surface area (Å²) in [6.07, 6.45) is 3.62. The van der Waals surface area contributed by atoms with E-state index in [0.717, 1.165) is 0 Å². The zero-order valence-corrected chi connectivity index (χ0v) is 19.0. The monoisotopic (exact) mass is 489 g/mol. The lowest BCUT2D eigenvalue weighted by Gasteiger charge is -2.29. The van der Waals surface area contributed by atoms with Crippen LogP contribution < -0.4 is 16.4 Å². The summed E-state index contributed by atoms with van der Waals surface area (Å²) >= 11 is 5.90. The normalized spacial score (nSPS) is 24.9. The van der Waals surface area contributed by atoms with Crippen LogP contribution in [0.15, 0.2) is 24.4 Å². The number of imidazole rings is 1. The number of aliphatic hydroxyl groups is 1. The third-order valence-electron chi connectivity index (χ3n) is 6.44. The highest BCUT2D eigenvalue weighted by Gasteiger charge is 2.30. The molecular formula is C22H25ClFN7O3. The van der Waals surface area contributed by atoms with E-state index in [1.54, 1.807) is 18.3 Å². The molecule has 1 saturated carbocycles. The van der Waals surface area contributed by atoms with Gasteiger partial charge in [0.1, 0.15) is 11.3 Å². The SMILES string of the molecule is NC(=O)C1CCC(n2c(Nc3ccc(Cl)cc3F)nc3cnc(N[C@H]4COC[C@@H]4O)nc32)CC1. The Balaban J connectivity index is 1.51. The number of nitrogens with one attached hydrogen (secondary N) is 2. The molecule has 0 radical (unpaired) electrons. The molecule has 2 atom stereocenters. The van der Waals surface area contributed by atoms with E-state index in [2.05, 4.69) is 25.6 Å². The summed E-state index contributed by atoms with van der Waals surface area (Å²) in [6, 6.07) is 4.02. The fourth-order valence-corrected chi connectivity index (χ4v) is 4.73. The minimum Gasteiger partial charge on any atom is -0.388 e. The van der Waals surface area contributed by atoms with E-state index in [-0.39, 0.29) is 36.2 Å². The highest BCUT2D eigenvalue weighted by Crippen LogP contribution is 2.37. The average Bonchev–Trinajstić information content (AvgIpc) is 3.38. The van der Waals surface area contributed by atoms with Gasteiger partial charge in [0.05, 0.1) is 37.2 Å². The number of rotatable bonds is 6. The highest BCUT2D eigenvalue weighted by atomic mass is 35.5. The zero-order valence-electron chi connectivity index (χ0n) is 18.2. The number of fused-ring (bicyclic) bond motifs is 1. The van der Waals surface area contributed by atoms with Gasteiger partial charge in [-0.3, -0.25) is 9.36 Å². The van der Waals surface area contributed by atoms with Gasteiger partial charge in [-0.1, -0.05) is 11.6 Å². The molecule has 10 nitrogen and oxygen atoms in total. The number of hydrogen-bond donors (Lipinski definition) is 4. The first-order valence-corrected chi connectivity index (χ1v) is 11.6. The third-order valence-corrected chi connectivity index (χ3v) is 6.67. The Morgan fingerprint density at radius 2 is 2.03 bits per heavy atom. The van der Waals surface area contributed by atoms with Crippen LogP contribution >= 0.6 is 11.6 Å². The number of amides is 1. The number of aromatic nitrogens is 4. The van der Waals surface area contributed by atoms with Crippen LogP contribution in [-0.2, 0) is 9.53 Å². The molecule has 0 spiro atoms. The summed E-state index contributed by atoms with van der Waals surface area (Å²) in [4.78, 5) is 25.3. The molecule has 0 bridgehead atoms. The van der Waals surface area contributed by atoms with Crippen molar-refractivity contribution in [2.24, 2.45) is 11.7 Å². The molecule has 2 fully saturated rings. The molecule has 2 aromatic heterocycles. The Morgan fingerprint density at radius 3 is 2.71 bits per heavy atom. The van der Waals surface area contributed by atoms with Crippen molar-refractivity contribution in [3.63, 3.8) is 0 Å². The second-order valence-corrected chi connectivity index (χ2v) is 9.16. The van der Waals surface area contributed by atoms with Crippen LogP contribution in [0, 0.1) is 11.7 Å². The molecule has 12 heteroatoms. The second-order valence-electron chi connectivity index (χ2n) is 8.72. The maximum Gasteiger partial charge on any atom is 0.225 e. The van der Waals surface area contributed by atoms with Crippen molar-refractivity contribution in [1.82, 2.24) is 19.5 Å². The molecule has 1 amide bonds. The van der Waals surface area contributed by atoms with Crippen molar-refractivity contribution in [3.05, 3.63) is 35.2 Å². The van der Waals surface area contributed by atoms with Gasteiger partial charge < -0.3 is 26.2 Å². The minimum atomic E-state index is -0.654. The maximum atomic E-state index is 14.5.